The van der Waals surface area contributed by atoms with E-state index < -0.39 is 0 Å². The topological polar surface area (TPSA) is 25.2 Å². The van der Waals surface area contributed by atoms with Gasteiger partial charge >= 0.3 is 0 Å². The number of benzene rings is 1. The maximum absolute atomic E-state index is 5.69. The smallest absolute Gasteiger partial charge is 0.134 e. The first-order valence-electron chi connectivity index (χ1n) is 4.79. The molecule has 15 heavy (non-hydrogen) atoms. The average molecular weight is 313 g/mol. The summed E-state index contributed by atoms with van der Waals surface area (Å²) < 4.78 is 6.92. The third kappa shape index (κ3) is 2.60. The molecule has 0 unspecified atom stereocenters. The van der Waals surface area contributed by atoms with E-state index in [0.29, 0.717) is 0 Å². The fourth-order valence-electron chi connectivity index (χ4n) is 1.42. The van der Waals surface area contributed by atoms with Crippen molar-refractivity contribution >= 4 is 22.6 Å². The third-order valence-corrected chi connectivity index (χ3v) is 2.86. The fraction of sp³-hybridized carbons (Fsp3) is 0.167. The summed E-state index contributed by atoms with van der Waals surface area (Å²) in [6, 6.07) is 12.3. The summed E-state index contributed by atoms with van der Waals surface area (Å²) in [5.41, 5.74) is 1.12. The molecule has 0 spiro atoms. The Morgan fingerprint density at radius 2 is 1.87 bits per heavy atom. The Morgan fingerprint density at radius 3 is 2.53 bits per heavy atom. The van der Waals surface area contributed by atoms with Gasteiger partial charge in [0.1, 0.15) is 11.5 Å². The Balaban J connectivity index is 2.25. The summed E-state index contributed by atoms with van der Waals surface area (Å²) in [6.45, 7) is 0.768. The van der Waals surface area contributed by atoms with Gasteiger partial charge in [0.05, 0.1) is 6.54 Å². The number of rotatable bonds is 3. The number of furan rings is 1. The lowest BCUT2D eigenvalue weighted by molar-refractivity contribution is 0.507. The molecule has 0 saturated heterocycles. The zero-order valence-corrected chi connectivity index (χ0v) is 10.6. The molecular formula is C12H12INO. The zero-order valence-electron chi connectivity index (χ0n) is 8.46. The second-order valence-corrected chi connectivity index (χ2v) is 4.55. The molecule has 0 fully saturated rings. The van der Waals surface area contributed by atoms with Crippen molar-refractivity contribution in [2.24, 2.45) is 0 Å². The highest BCUT2D eigenvalue weighted by molar-refractivity contribution is 14.1. The van der Waals surface area contributed by atoms with E-state index in [-0.39, 0.29) is 0 Å². The number of hydrogen-bond acceptors (Lipinski definition) is 2. The summed E-state index contributed by atoms with van der Waals surface area (Å²) in [4.78, 5) is 0. The van der Waals surface area contributed by atoms with Crippen molar-refractivity contribution in [2.45, 2.75) is 6.54 Å². The zero-order chi connectivity index (χ0) is 10.7. The molecule has 0 amide bonds. The Bertz CT molecular complexity index is 433. The average Bonchev–Trinajstić information content (AvgIpc) is 2.68. The molecule has 0 aliphatic rings. The minimum absolute atomic E-state index is 0.768. The molecule has 2 nitrogen and oxygen atoms in total. The second kappa shape index (κ2) is 4.81. The van der Waals surface area contributed by atoms with Crippen LogP contribution in [0.1, 0.15) is 5.76 Å². The largest absolute Gasteiger partial charge is 0.460 e. The van der Waals surface area contributed by atoms with E-state index in [2.05, 4.69) is 52.2 Å². The lowest BCUT2D eigenvalue weighted by Gasteiger charge is -1.97. The van der Waals surface area contributed by atoms with Gasteiger partial charge in [-0.25, -0.2) is 0 Å². The first kappa shape index (κ1) is 10.7. The Morgan fingerprint density at radius 1 is 1.13 bits per heavy atom. The van der Waals surface area contributed by atoms with E-state index in [9.17, 15) is 0 Å². The monoisotopic (exact) mass is 313 g/mol. The fourth-order valence-corrected chi connectivity index (χ4v) is 1.78. The summed E-state index contributed by atoms with van der Waals surface area (Å²) in [5.74, 6) is 1.89. The molecule has 0 radical (unpaired) electrons. The summed E-state index contributed by atoms with van der Waals surface area (Å²) in [5, 5.41) is 3.06. The van der Waals surface area contributed by atoms with Gasteiger partial charge in [0, 0.05) is 9.13 Å². The molecule has 1 aromatic heterocycles. The van der Waals surface area contributed by atoms with E-state index in [1.807, 2.05) is 19.2 Å². The molecule has 2 rings (SSSR count). The van der Waals surface area contributed by atoms with Gasteiger partial charge in [0.25, 0.3) is 0 Å². The summed E-state index contributed by atoms with van der Waals surface area (Å²) >= 11 is 2.29. The highest BCUT2D eigenvalue weighted by atomic mass is 127. The molecule has 0 aliphatic carbocycles. The van der Waals surface area contributed by atoms with Gasteiger partial charge in [-0.05, 0) is 53.9 Å². The first-order chi connectivity index (χ1) is 7.29. The van der Waals surface area contributed by atoms with Gasteiger partial charge in [0.15, 0.2) is 0 Å². The molecule has 1 aromatic carbocycles. The maximum atomic E-state index is 5.69. The molecule has 1 N–H and O–H groups in total. The van der Waals surface area contributed by atoms with Crippen LogP contribution in [0.3, 0.4) is 0 Å². The molecule has 3 heteroatoms. The molecule has 0 atom stereocenters. The predicted octanol–water partition coefficient (Wildman–Crippen LogP) is 3.27. The minimum atomic E-state index is 0.768. The standard InChI is InChI=1S/C12H12INO/c1-14-8-11-6-7-12(15-11)9-2-4-10(13)5-3-9/h2-7,14H,8H2,1H3. The summed E-state index contributed by atoms with van der Waals surface area (Å²) in [6.07, 6.45) is 0. The highest BCUT2D eigenvalue weighted by Crippen LogP contribution is 2.22. The van der Waals surface area contributed by atoms with Crippen LogP contribution in [-0.4, -0.2) is 7.05 Å². The van der Waals surface area contributed by atoms with Gasteiger partial charge in [-0.15, -0.1) is 0 Å². The quantitative estimate of drug-likeness (QED) is 0.880. The van der Waals surface area contributed by atoms with Crippen LogP contribution >= 0.6 is 22.6 Å². The minimum Gasteiger partial charge on any atom is -0.460 e. The van der Waals surface area contributed by atoms with Crippen molar-refractivity contribution < 1.29 is 4.42 Å². The second-order valence-electron chi connectivity index (χ2n) is 3.30. The van der Waals surface area contributed by atoms with E-state index >= 15 is 0 Å². The summed E-state index contributed by atoms with van der Waals surface area (Å²) in [7, 11) is 1.91. The van der Waals surface area contributed by atoms with Crippen molar-refractivity contribution in [1.29, 1.82) is 0 Å². The molecule has 1 heterocycles. The van der Waals surface area contributed by atoms with E-state index in [4.69, 9.17) is 4.42 Å². The third-order valence-electron chi connectivity index (χ3n) is 2.14. The Labute approximate surface area is 103 Å². The SMILES string of the molecule is CNCc1ccc(-c2ccc(I)cc2)o1. The molecule has 0 bridgehead atoms. The van der Waals surface area contributed by atoms with Crippen molar-refractivity contribution in [3.63, 3.8) is 0 Å². The van der Waals surface area contributed by atoms with Gasteiger partial charge in [-0.1, -0.05) is 12.1 Å². The van der Waals surface area contributed by atoms with Crippen LogP contribution in [0.2, 0.25) is 0 Å². The van der Waals surface area contributed by atoms with Crippen LogP contribution in [0.15, 0.2) is 40.8 Å². The van der Waals surface area contributed by atoms with Crippen LogP contribution in [-0.2, 0) is 6.54 Å². The van der Waals surface area contributed by atoms with Crippen molar-refractivity contribution in [3.8, 4) is 11.3 Å². The Hall–Kier alpha value is -0.810. The van der Waals surface area contributed by atoms with E-state index in [1.165, 1.54) is 3.57 Å². The Kier molecular flexibility index (Phi) is 3.43. The van der Waals surface area contributed by atoms with Crippen molar-refractivity contribution in [1.82, 2.24) is 5.32 Å². The van der Waals surface area contributed by atoms with Gasteiger partial charge in [-0.3, -0.25) is 0 Å². The highest BCUT2D eigenvalue weighted by Gasteiger charge is 2.03. The van der Waals surface area contributed by atoms with E-state index in [1.54, 1.807) is 0 Å². The predicted molar refractivity (Wildman–Crippen MR) is 69.6 cm³/mol. The lowest BCUT2D eigenvalue weighted by Crippen LogP contribution is -2.03. The maximum Gasteiger partial charge on any atom is 0.134 e. The first-order valence-corrected chi connectivity index (χ1v) is 5.87. The van der Waals surface area contributed by atoms with Gasteiger partial charge in [-0.2, -0.15) is 0 Å². The van der Waals surface area contributed by atoms with Crippen LogP contribution in [0, 0.1) is 3.57 Å². The number of hydrogen-bond donors (Lipinski definition) is 1. The molecule has 78 valence electrons. The van der Waals surface area contributed by atoms with Crippen LogP contribution in [0.5, 0.6) is 0 Å². The van der Waals surface area contributed by atoms with Crippen LogP contribution in [0.4, 0.5) is 0 Å². The molecule has 0 aliphatic heterocycles. The normalized spacial score (nSPS) is 10.5. The van der Waals surface area contributed by atoms with Crippen molar-refractivity contribution in [2.75, 3.05) is 7.05 Å². The van der Waals surface area contributed by atoms with Crippen LogP contribution < -0.4 is 5.32 Å². The van der Waals surface area contributed by atoms with Gasteiger partial charge in [0.2, 0.25) is 0 Å². The van der Waals surface area contributed by atoms with E-state index in [0.717, 1.165) is 23.6 Å². The van der Waals surface area contributed by atoms with Gasteiger partial charge < -0.3 is 9.73 Å². The molecule has 2 aromatic rings. The number of nitrogens with one attached hydrogen (secondary N) is 1. The lowest BCUT2D eigenvalue weighted by atomic mass is 10.2. The van der Waals surface area contributed by atoms with Crippen molar-refractivity contribution in [3.05, 3.63) is 45.7 Å². The van der Waals surface area contributed by atoms with Crippen LogP contribution in [0.25, 0.3) is 11.3 Å². The molecule has 0 saturated carbocycles. The molecular weight excluding hydrogens is 301 g/mol. The number of halogens is 1.